The van der Waals surface area contributed by atoms with E-state index in [1.54, 1.807) is 37.3 Å². The summed E-state index contributed by atoms with van der Waals surface area (Å²) in [5, 5.41) is 12.6. The van der Waals surface area contributed by atoms with Crippen molar-refractivity contribution in [3.05, 3.63) is 82.8 Å². The van der Waals surface area contributed by atoms with Crippen LogP contribution in [0, 0.1) is 26.0 Å². The third kappa shape index (κ3) is 4.38. The summed E-state index contributed by atoms with van der Waals surface area (Å²) in [4.78, 5) is 6.18. The standard InChI is InChI=1S/C24H22N2O3S2/c1-15-11-16(2)13-20(12-15)22-23(19-9-10-26(27)17(3)14-19)30-24(25-22)18-5-7-21(8-6-18)31(4,28)29/h5-14H,1-4H3. The molecule has 5 nitrogen and oxygen atoms in total. The minimum Gasteiger partial charge on any atom is -0.619 e. The Labute approximate surface area is 186 Å². The molecule has 0 radical (unpaired) electrons. The molecule has 2 heterocycles. The van der Waals surface area contributed by atoms with Gasteiger partial charge < -0.3 is 5.21 Å². The third-order valence-corrected chi connectivity index (χ3v) is 7.30. The first kappa shape index (κ1) is 21.2. The smallest absolute Gasteiger partial charge is 0.190 e. The lowest BCUT2D eigenvalue weighted by Gasteiger charge is -2.07. The molecular formula is C24H22N2O3S2. The maximum atomic E-state index is 11.8. The monoisotopic (exact) mass is 450 g/mol. The van der Waals surface area contributed by atoms with E-state index in [0.29, 0.717) is 5.69 Å². The number of benzene rings is 2. The van der Waals surface area contributed by atoms with Gasteiger partial charge in [-0.1, -0.05) is 29.3 Å². The van der Waals surface area contributed by atoms with Crippen molar-refractivity contribution in [2.75, 3.05) is 6.26 Å². The largest absolute Gasteiger partial charge is 0.619 e. The van der Waals surface area contributed by atoms with Gasteiger partial charge in [0.15, 0.2) is 21.7 Å². The average Bonchev–Trinajstić information content (AvgIpc) is 3.14. The molecular weight excluding hydrogens is 428 g/mol. The van der Waals surface area contributed by atoms with E-state index in [0.717, 1.165) is 48.1 Å². The van der Waals surface area contributed by atoms with Gasteiger partial charge in [-0.05, 0) is 38.1 Å². The van der Waals surface area contributed by atoms with Crippen LogP contribution in [0.5, 0.6) is 0 Å². The minimum absolute atomic E-state index is 0.279. The highest BCUT2D eigenvalue weighted by molar-refractivity contribution is 7.90. The van der Waals surface area contributed by atoms with Gasteiger partial charge >= 0.3 is 0 Å². The van der Waals surface area contributed by atoms with E-state index in [4.69, 9.17) is 4.98 Å². The predicted molar refractivity (Wildman–Crippen MR) is 125 cm³/mol. The van der Waals surface area contributed by atoms with Gasteiger partial charge in [0.2, 0.25) is 0 Å². The molecule has 0 atom stereocenters. The molecule has 0 aliphatic rings. The molecule has 2 aromatic heterocycles. The maximum absolute atomic E-state index is 11.8. The number of hydrogen-bond acceptors (Lipinski definition) is 5. The molecule has 0 spiro atoms. The van der Waals surface area contributed by atoms with Gasteiger partial charge in [-0.2, -0.15) is 4.73 Å². The molecule has 0 N–H and O–H groups in total. The molecule has 0 bridgehead atoms. The summed E-state index contributed by atoms with van der Waals surface area (Å²) in [6, 6.07) is 16.8. The third-order valence-electron chi connectivity index (χ3n) is 5.02. The molecule has 0 fully saturated rings. The lowest BCUT2D eigenvalue weighted by atomic mass is 10.0. The Morgan fingerprint density at radius 2 is 1.52 bits per heavy atom. The van der Waals surface area contributed by atoms with Crippen LogP contribution in [0.1, 0.15) is 16.8 Å². The Morgan fingerprint density at radius 3 is 2.10 bits per heavy atom. The normalized spacial score (nSPS) is 11.6. The fraction of sp³-hybridized carbons (Fsp3) is 0.167. The first-order valence-electron chi connectivity index (χ1n) is 9.72. The van der Waals surface area contributed by atoms with Gasteiger partial charge in [0.05, 0.1) is 15.5 Å². The molecule has 4 aromatic rings. The number of sulfone groups is 1. The van der Waals surface area contributed by atoms with Gasteiger partial charge in [-0.25, -0.2) is 13.4 Å². The van der Waals surface area contributed by atoms with E-state index in [2.05, 4.69) is 32.0 Å². The van der Waals surface area contributed by atoms with E-state index in [1.165, 1.54) is 23.8 Å². The number of pyridine rings is 1. The first-order valence-corrected chi connectivity index (χ1v) is 12.4. The lowest BCUT2D eigenvalue weighted by Crippen LogP contribution is -2.28. The summed E-state index contributed by atoms with van der Waals surface area (Å²) in [6.45, 7) is 5.89. The SMILES string of the molecule is Cc1cc(C)cc(-c2nc(-c3ccc(S(C)(=O)=O)cc3)sc2-c2cc[n+]([O-])c(C)c2)c1. The predicted octanol–water partition coefficient (Wildman–Crippen LogP) is 5.11. The number of aromatic nitrogens is 2. The molecule has 0 saturated heterocycles. The molecule has 4 rings (SSSR count). The van der Waals surface area contributed by atoms with Crippen LogP contribution >= 0.6 is 11.3 Å². The zero-order valence-electron chi connectivity index (χ0n) is 17.7. The topological polar surface area (TPSA) is 74.0 Å². The summed E-state index contributed by atoms with van der Waals surface area (Å²) in [5.74, 6) is 0. The minimum atomic E-state index is -3.26. The van der Waals surface area contributed by atoms with Gasteiger partial charge in [0, 0.05) is 42.0 Å². The molecule has 31 heavy (non-hydrogen) atoms. The number of aryl methyl sites for hydroxylation is 3. The molecule has 0 amide bonds. The maximum Gasteiger partial charge on any atom is 0.190 e. The number of nitrogens with zero attached hydrogens (tertiary/aromatic N) is 2. The Hall–Kier alpha value is -3.03. The van der Waals surface area contributed by atoms with Crippen LogP contribution in [0.15, 0.2) is 65.7 Å². The van der Waals surface area contributed by atoms with Crippen molar-refractivity contribution in [2.24, 2.45) is 0 Å². The second kappa shape index (κ2) is 7.90. The van der Waals surface area contributed by atoms with Gasteiger partial charge in [0.1, 0.15) is 5.01 Å². The van der Waals surface area contributed by atoms with E-state index < -0.39 is 9.84 Å². The second-order valence-electron chi connectivity index (χ2n) is 7.75. The Balaban J connectivity index is 1.90. The van der Waals surface area contributed by atoms with Crippen molar-refractivity contribution in [3.8, 4) is 32.3 Å². The van der Waals surface area contributed by atoms with Crippen LogP contribution in [-0.4, -0.2) is 19.7 Å². The molecule has 158 valence electrons. The molecule has 0 saturated carbocycles. The summed E-state index contributed by atoms with van der Waals surface area (Å²) in [6.07, 6.45) is 2.71. The van der Waals surface area contributed by atoms with Crippen LogP contribution in [0.2, 0.25) is 0 Å². The van der Waals surface area contributed by atoms with Crippen LogP contribution in [0.4, 0.5) is 0 Å². The van der Waals surface area contributed by atoms with Crippen LogP contribution in [-0.2, 0) is 9.84 Å². The first-order chi connectivity index (χ1) is 14.6. The number of thiazole rings is 1. The summed E-state index contributed by atoms with van der Waals surface area (Å²) in [7, 11) is -3.26. The van der Waals surface area contributed by atoms with Crippen LogP contribution in [0.3, 0.4) is 0 Å². The molecule has 7 heteroatoms. The van der Waals surface area contributed by atoms with Crippen LogP contribution in [0.25, 0.3) is 32.3 Å². The number of rotatable bonds is 4. The van der Waals surface area contributed by atoms with Crippen molar-refractivity contribution in [1.82, 2.24) is 4.98 Å². The fourth-order valence-electron chi connectivity index (χ4n) is 3.53. The highest BCUT2D eigenvalue weighted by Gasteiger charge is 2.18. The summed E-state index contributed by atoms with van der Waals surface area (Å²) >= 11 is 1.53. The lowest BCUT2D eigenvalue weighted by molar-refractivity contribution is -0.612. The molecule has 0 unspecified atom stereocenters. The van der Waals surface area contributed by atoms with E-state index in [-0.39, 0.29) is 4.90 Å². The Kier molecular flexibility index (Phi) is 5.41. The zero-order chi connectivity index (χ0) is 22.3. The molecule has 0 aliphatic heterocycles. The van der Waals surface area contributed by atoms with Crippen molar-refractivity contribution >= 4 is 21.2 Å². The molecule has 2 aromatic carbocycles. The van der Waals surface area contributed by atoms with E-state index >= 15 is 0 Å². The van der Waals surface area contributed by atoms with Crippen molar-refractivity contribution < 1.29 is 13.1 Å². The van der Waals surface area contributed by atoms with Gasteiger partial charge in [-0.15, -0.1) is 11.3 Å². The second-order valence-corrected chi connectivity index (χ2v) is 10.8. The van der Waals surface area contributed by atoms with Crippen LogP contribution < -0.4 is 4.73 Å². The summed E-state index contributed by atoms with van der Waals surface area (Å²) in [5.41, 5.74) is 6.54. The highest BCUT2D eigenvalue weighted by atomic mass is 32.2. The van der Waals surface area contributed by atoms with Crippen molar-refractivity contribution in [3.63, 3.8) is 0 Å². The quantitative estimate of drug-likeness (QED) is 0.320. The molecule has 0 aliphatic carbocycles. The highest BCUT2D eigenvalue weighted by Crippen LogP contribution is 2.41. The average molecular weight is 451 g/mol. The van der Waals surface area contributed by atoms with Gasteiger partial charge in [0.25, 0.3) is 0 Å². The van der Waals surface area contributed by atoms with Crippen molar-refractivity contribution in [1.29, 1.82) is 0 Å². The van der Waals surface area contributed by atoms with E-state index in [9.17, 15) is 13.6 Å². The summed E-state index contributed by atoms with van der Waals surface area (Å²) < 4.78 is 24.4. The Morgan fingerprint density at radius 1 is 0.871 bits per heavy atom. The van der Waals surface area contributed by atoms with E-state index in [1.807, 2.05) is 6.07 Å². The van der Waals surface area contributed by atoms with Crippen molar-refractivity contribution in [2.45, 2.75) is 25.7 Å². The Bertz CT molecular complexity index is 1370. The zero-order valence-corrected chi connectivity index (χ0v) is 19.3. The number of hydrogen-bond donors (Lipinski definition) is 0. The fourth-order valence-corrected chi connectivity index (χ4v) is 5.25. The van der Waals surface area contributed by atoms with Gasteiger partial charge in [-0.3, -0.25) is 0 Å².